The van der Waals surface area contributed by atoms with Crippen LogP contribution in [0.3, 0.4) is 0 Å². The molecule has 0 bridgehead atoms. The fraction of sp³-hybridized carbons (Fsp3) is 0.250. The average Bonchev–Trinajstić information content (AvgIpc) is 2.86. The molecular formula is C16H15F3IN3. The van der Waals surface area contributed by atoms with E-state index in [1.165, 1.54) is 0 Å². The molecule has 0 unspecified atom stereocenters. The molecule has 23 heavy (non-hydrogen) atoms. The van der Waals surface area contributed by atoms with Gasteiger partial charge in [-0.05, 0) is 26.0 Å². The Hall–Kier alpha value is -1.64. The molecule has 3 nitrogen and oxygen atoms in total. The van der Waals surface area contributed by atoms with Gasteiger partial charge in [0.15, 0.2) is 5.52 Å². The van der Waals surface area contributed by atoms with Crippen LogP contribution < -0.4 is 28.5 Å². The first-order valence-corrected chi connectivity index (χ1v) is 6.93. The molecular weight excluding hydrogens is 418 g/mol. The first-order chi connectivity index (χ1) is 10.4. The Morgan fingerprint density at radius 2 is 1.78 bits per heavy atom. The second-order valence-electron chi connectivity index (χ2n) is 5.39. The predicted molar refractivity (Wildman–Crippen MR) is 76.7 cm³/mol. The number of para-hydroxylation sites is 1. The van der Waals surface area contributed by atoms with Crippen LogP contribution in [-0.2, 0) is 6.18 Å². The number of imidazole rings is 1. The highest BCUT2D eigenvalue weighted by Crippen LogP contribution is 2.30. The lowest BCUT2D eigenvalue weighted by molar-refractivity contribution is -0.691. The van der Waals surface area contributed by atoms with Crippen LogP contribution in [-0.4, -0.2) is 9.55 Å². The summed E-state index contributed by atoms with van der Waals surface area (Å²) >= 11 is 0. The number of hydrogen-bond donors (Lipinski definition) is 0. The van der Waals surface area contributed by atoms with E-state index >= 15 is 0 Å². The van der Waals surface area contributed by atoms with Gasteiger partial charge in [0.25, 0.3) is 12.0 Å². The molecule has 0 aliphatic rings. The van der Waals surface area contributed by atoms with Crippen molar-refractivity contribution >= 4 is 11.2 Å². The molecule has 2 aromatic heterocycles. The van der Waals surface area contributed by atoms with Gasteiger partial charge in [0, 0.05) is 12.3 Å². The number of rotatable bonds is 2. The lowest BCUT2D eigenvalue weighted by atomic mass is 10.2. The van der Waals surface area contributed by atoms with Gasteiger partial charge in [-0.2, -0.15) is 17.7 Å². The Balaban J connectivity index is 0.00000192. The van der Waals surface area contributed by atoms with Gasteiger partial charge in [0.05, 0.1) is 11.6 Å². The quantitative estimate of drug-likeness (QED) is 0.435. The molecule has 7 heteroatoms. The van der Waals surface area contributed by atoms with Gasteiger partial charge < -0.3 is 24.0 Å². The van der Waals surface area contributed by atoms with Crippen LogP contribution >= 0.6 is 0 Å². The van der Waals surface area contributed by atoms with E-state index < -0.39 is 11.7 Å². The van der Waals surface area contributed by atoms with Gasteiger partial charge in [0.2, 0.25) is 0 Å². The molecule has 0 fully saturated rings. The molecule has 3 aromatic rings. The maximum atomic E-state index is 12.9. The van der Waals surface area contributed by atoms with E-state index in [9.17, 15) is 13.2 Å². The zero-order chi connectivity index (χ0) is 15.9. The first-order valence-electron chi connectivity index (χ1n) is 6.93. The van der Waals surface area contributed by atoms with Crippen LogP contribution in [0.15, 0.2) is 48.9 Å². The molecule has 0 N–H and O–H groups in total. The molecule has 0 saturated carbocycles. The van der Waals surface area contributed by atoms with Gasteiger partial charge in [-0.3, -0.25) is 0 Å². The average molecular weight is 433 g/mol. The number of alkyl halides is 3. The van der Waals surface area contributed by atoms with Crippen molar-refractivity contribution in [2.45, 2.75) is 26.1 Å². The molecule has 0 spiro atoms. The van der Waals surface area contributed by atoms with Crippen molar-refractivity contribution in [3.8, 4) is 5.69 Å². The van der Waals surface area contributed by atoms with Crippen molar-refractivity contribution < 1.29 is 41.7 Å². The molecule has 0 aliphatic heterocycles. The lowest BCUT2D eigenvalue weighted by Gasteiger charge is -2.05. The Morgan fingerprint density at radius 1 is 1.13 bits per heavy atom. The van der Waals surface area contributed by atoms with Crippen LogP contribution in [0.1, 0.15) is 25.5 Å². The molecule has 1 aromatic carbocycles. The molecule has 0 aliphatic carbocycles. The third kappa shape index (κ3) is 3.34. The third-order valence-electron chi connectivity index (χ3n) is 3.51. The summed E-state index contributed by atoms with van der Waals surface area (Å²) in [6.45, 7) is 3.85. The molecule has 122 valence electrons. The minimum Gasteiger partial charge on any atom is -1.00 e. The van der Waals surface area contributed by atoms with Crippen molar-refractivity contribution in [1.82, 2.24) is 9.55 Å². The normalized spacial score (nSPS) is 11.7. The van der Waals surface area contributed by atoms with Gasteiger partial charge in [-0.25, -0.2) is 9.55 Å². The number of nitrogens with zero attached hydrogens (tertiary/aromatic N) is 3. The van der Waals surface area contributed by atoms with Gasteiger partial charge in [-0.1, -0.05) is 18.2 Å². The number of halogens is 4. The lowest BCUT2D eigenvalue weighted by Crippen LogP contribution is -3.00. The van der Waals surface area contributed by atoms with Crippen LogP contribution in [0.4, 0.5) is 13.2 Å². The number of fused-ring (bicyclic) bond motifs is 1. The van der Waals surface area contributed by atoms with Crippen LogP contribution in [0.25, 0.3) is 16.9 Å². The van der Waals surface area contributed by atoms with Crippen molar-refractivity contribution in [3.05, 3.63) is 54.5 Å². The Kier molecular flexibility index (Phi) is 4.98. The van der Waals surface area contributed by atoms with E-state index in [4.69, 9.17) is 0 Å². The molecule has 0 saturated heterocycles. The predicted octanol–water partition coefficient (Wildman–Crippen LogP) is 0.917. The summed E-state index contributed by atoms with van der Waals surface area (Å²) < 4.78 is 42.4. The second-order valence-corrected chi connectivity index (χ2v) is 5.39. The number of benzene rings is 1. The SMILES string of the molecule is CC(C)[n+]1cn(-c2ccccc2)c2ncc(C(F)(F)F)cc21.[I-]. The second kappa shape index (κ2) is 6.46. The number of pyridine rings is 1. The van der Waals surface area contributed by atoms with Gasteiger partial charge in [0.1, 0.15) is 5.69 Å². The molecule has 0 atom stereocenters. The fourth-order valence-electron chi connectivity index (χ4n) is 2.41. The highest BCUT2D eigenvalue weighted by molar-refractivity contribution is 5.70. The number of hydrogen-bond acceptors (Lipinski definition) is 1. The van der Waals surface area contributed by atoms with E-state index in [2.05, 4.69) is 4.98 Å². The fourth-order valence-corrected chi connectivity index (χ4v) is 2.41. The molecule has 2 heterocycles. The summed E-state index contributed by atoms with van der Waals surface area (Å²) in [4.78, 5) is 4.05. The standard InChI is InChI=1S/C16H15F3N3.HI/c1-11(2)21-10-22(13-6-4-3-5-7-13)15-14(21)8-12(9-20-15)16(17,18)19;/h3-11H,1-2H3;1H/q+1;/p-1. The monoisotopic (exact) mass is 433 g/mol. The molecule has 0 amide bonds. The van der Waals surface area contributed by atoms with Gasteiger partial charge in [-0.15, -0.1) is 0 Å². The van der Waals surface area contributed by atoms with Crippen LogP contribution in [0.5, 0.6) is 0 Å². The summed E-state index contributed by atoms with van der Waals surface area (Å²) in [7, 11) is 0. The summed E-state index contributed by atoms with van der Waals surface area (Å²) in [6.07, 6.45) is -1.73. The summed E-state index contributed by atoms with van der Waals surface area (Å²) in [5.41, 5.74) is 1.10. The summed E-state index contributed by atoms with van der Waals surface area (Å²) in [6, 6.07) is 10.6. The van der Waals surface area contributed by atoms with Crippen molar-refractivity contribution in [2.24, 2.45) is 0 Å². The van der Waals surface area contributed by atoms with E-state index in [-0.39, 0.29) is 30.0 Å². The topological polar surface area (TPSA) is 21.7 Å². The maximum Gasteiger partial charge on any atom is 0.418 e. The zero-order valence-corrected chi connectivity index (χ0v) is 14.7. The minimum absolute atomic E-state index is 0. The van der Waals surface area contributed by atoms with Crippen molar-refractivity contribution in [3.63, 3.8) is 0 Å². The third-order valence-corrected chi connectivity index (χ3v) is 3.51. The van der Waals surface area contributed by atoms with E-state index in [0.29, 0.717) is 11.2 Å². The van der Waals surface area contributed by atoms with Crippen LogP contribution in [0, 0.1) is 0 Å². The zero-order valence-electron chi connectivity index (χ0n) is 12.5. The Bertz CT molecular complexity index is 811. The summed E-state index contributed by atoms with van der Waals surface area (Å²) in [5.74, 6) is 0. The summed E-state index contributed by atoms with van der Waals surface area (Å²) in [5, 5.41) is 0. The van der Waals surface area contributed by atoms with E-state index in [0.717, 1.165) is 18.0 Å². The maximum absolute atomic E-state index is 12.9. The molecule has 0 radical (unpaired) electrons. The highest BCUT2D eigenvalue weighted by atomic mass is 127. The Morgan fingerprint density at radius 3 is 2.35 bits per heavy atom. The smallest absolute Gasteiger partial charge is 0.418 e. The number of aromatic nitrogens is 3. The van der Waals surface area contributed by atoms with Crippen molar-refractivity contribution in [2.75, 3.05) is 0 Å². The Labute approximate surface area is 148 Å². The molecule has 3 rings (SSSR count). The van der Waals surface area contributed by atoms with E-state index in [1.54, 1.807) is 15.5 Å². The van der Waals surface area contributed by atoms with E-state index in [1.807, 2.05) is 44.2 Å². The largest absolute Gasteiger partial charge is 1.00 e. The first kappa shape index (κ1) is 17.7. The van der Waals surface area contributed by atoms with Crippen molar-refractivity contribution in [1.29, 1.82) is 0 Å². The van der Waals surface area contributed by atoms with Gasteiger partial charge >= 0.3 is 6.18 Å². The minimum atomic E-state index is -4.40. The van der Waals surface area contributed by atoms with Crippen LogP contribution in [0.2, 0.25) is 0 Å². The highest BCUT2D eigenvalue weighted by Gasteiger charge is 2.33.